The van der Waals surface area contributed by atoms with Crippen molar-refractivity contribution in [3.8, 4) is 0 Å². The van der Waals surface area contributed by atoms with Gasteiger partial charge in [0, 0.05) is 0 Å². The molecular weight excluding hydrogens is 126 g/mol. The molecule has 1 aromatic rings. The fourth-order valence-electron chi connectivity index (χ4n) is 0.659. The van der Waals surface area contributed by atoms with Crippen LogP contribution in [-0.4, -0.2) is 7.85 Å². The lowest BCUT2D eigenvalue weighted by molar-refractivity contribution is 1.54. The quantitative estimate of drug-likeness (QED) is 0.353. The highest BCUT2D eigenvalue weighted by molar-refractivity contribution is 7.27. The van der Waals surface area contributed by atoms with Gasteiger partial charge in [-0.3, -0.25) is 0 Å². The van der Waals surface area contributed by atoms with Crippen LogP contribution in [0.1, 0.15) is 5.56 Å². The summed E-state index contributed by atoms with van der Waals surface area (Å²) in [6, 6.07) is 5.86. The first kappa shape index (κ1) is 6.83. The molecule has 1 aromatic carbocycles. The molecule has 0 nitrogen and oxygen atoms in total. The van der Waals surface area contributed by atoms with E-state index in [2.05, 4.69) is 16.2 Å². The summed E-state index contributed by atoms with van der Waals surface area (Å²) in [6.07, 6.45) is 0. The Morgan fingerprint density at radius 3 is 2.56 bits per heavy atom. The van der Waals surface area contributed by atoms with Gasteiger partial charge in [0.1, 0.15) is 7.85 Å². The Morgan fingerprint density at radius 2 is 2.11 bits per heavy atom. The average molecular weight is 134 g/mol. The summed E-state index contributed by atoms with van der Waals surface area (Å²) in [5.41, 5.74) is 2.08. The van der Waals surface area contributed by atoms with Crippen molar-refractivity contribution >= 4 is 27.9 Å². The van der Waals surface area contributed by atoms with E-state index < -0.39 is 0 Å². The normalized spacial score (nSPS) is 9.56. The SMILES string of the molecule is [B]c1ccc(C)c(P)c1. The van der Waals surface area contributed by atoms with Crippen molar-refractivity contribution in [3.05, 3.63) is 23.8 Å². The lowest BCUT2D eigenvalue weighted by Gasteiger charge is -1.98. The standard InChI is InChI=1S/C7H8BP/c1-5-2-3-6(8)4-7(5)9/h2-4H,9H2,1H3. The van der Waals surface area contributed by atoms with Crippen molar-refractivity contribution in [2.24, 2.45) is 0 Å². The molecule has 1 rings (SSSR count). The summed E-state index contributed by atoms with van der Waals surface area (Å²) in [7, 11) is 8.16. The molecule has 0 N–H and O–H groups in total. The Morgan fingerprint density at radius 1 is 1.44 bits per heavy atom. The van der Waals surface area contributed by atoms with E-state index >= 15 is 0 Å². The number of hydrogen-bond acceptors (Lipinski definition) is 0. The molecule has 2 heteroatoms. The average Bonchev–Trinajstić information content (AvgIpc) is 1.80. The third-order valence-electron chi connectivity index (χ3n) is 1.30. The summed E-state index contributed by atoms with van der Waals surface area (Å²) in [5.74, 6) is 0. The fourth-order valence-corrected chi connectivity index (χ4v) is 0.948. The second-order valence-electron chi connectivity index (χ2n) is 2.12. The van der Waals surface area contributed by atoms with Gasteiger partial charge >= 0.3 is 0 Å². The van der Waals surface area contributed by atoms with Gasteiger partial charge < -0.3 is 0 Å². The molecule has 0 saturated heterocycles. The highest BCUT2D eigenvalue weighted by Crippen LogP contribution is 1.94. The Labute approximate surface area is 59.3 Å². The Hall–Kier alpha value is -0.285. The predicted molar refractivity (Wildman–Crippen MR) is 45.9 cm³/mol. The summed E-state index contributed by atoms with van der Waals surface area (Å²) in [4.78, 5) is 0. The molecule has 0 saturated carbocycles. The van der Waals surface area contributed by atoms with E-state index in [0.29, 0.717) is 0 Å². The molecule has 9 heavy (non-hydrogen) atoms. The third kappa shape index (κ3) is 1.56. The van der Waals surface area contributed by atoms with Crippen LogP contribution in [0, 0.1) is 6.92 Å². The molecule has 0 bridgehead atoms. The van der Waals surface area contributed by atoms with Gasteiger partial charge in [-0.2, -0.15) is 0 Å². The molecule has 0 heterocycles. The van der Waals surface area contributed by atoms with Crippen molar-refractivity contribution < 1.29 is 0 Å². The Bertz CT molecular complexity index is 220. The molecule has 0 amide bonds. The van der Waals surface area contributed by atoms with Crippen molar-refractivity contribution in [3.63, 3.8) is 0 Å². The van der Waals surface area contributed by atoms with Crippen LogP contribution in [0.15, 0.2) is 18.2 Å². The van der Waals surface area contributed by atoms with E-state index in [-0.39, 0.29) is 0 Å². The molecule has 0 fully saturated rings. The molecule has 0 spiro atoms. The first-order valence-corrected chi connectivity index (χ1v) is 3.39. The highest BCUT2D eigenvalue weighted by atomic mass is 31.0. The molecule has 1 atom stereocenters. The van der Waals surface area contributed by atoms with E-state index in [1.54, 1.807) is 0 Å². The predicted octanol–water partition coefficient (Wildman–Crippen LogP) is 0.289. The first-order valence-electron chi connectivity index (χ1n) is 2.82. The van der Waals surface area contributed by atoms with Crippen LogP contribution in [0.4, 0.5) is 0 Å². The number of benzene rings is 1. The summed E-state index contributed by atoms with van der Waals surface area (Å²) >= 11 is 0. The minimum atomic E-state index is 0.825. The van der Waals surface area contributed by atoms with Crippen LogP contribution in [0.3, 0.4) is 0 Å². The van der Waals surface area contributed by atoms with Gasteiger partial charge in [0.05, 0.1) is 0 Å². The zero-order valence-corrected chi connectivity index (χ0v) is 6.54. The van der Waals surface area contributed by atoms with E-state index in [9.17, 15) is 0 Å². The molecule has 0 aliphatic rings. The van der Waals surface area contributed by atoms with E-state index in [1.165, 1.54) is 10.9 Å². The molecule has 1 unspecified atom stereocenters. The summed E-state index contributed by atoms with van der Waals surface area (Å²) in [6.45, 7) is 2.06. The topological polar surface area (TPSA) is 0 Å². The van der Waals surface area contributed by atoms with Crippen LogP contribution in [-0.2, 0) is 0 Å². The van der Waals surface area contributed by atoms with Crippen molar-refractivity contribution in [2.75, 3.05) is 0 Å². The minimum absolute atomic E-state index is 0.825. The molecular formula is C7H8BP. The number of hydrogen-bond donors (Lipinski definition) is 0. The highest BCUT2D eigenvalue weighted by Gasteiger charge is 1.89. The Balaban J connectivity index is 3.17. The van der Waals surface area contributed by atoms with Gasteiger partial charge in [0.25, 0.3) is 0 Å². The molecule has 0 aromatic heterocycles. The first-order chi connectivity index (χ1) is 4.20. The second-order valence-corrected chi connectivity index (χ2v) is 2.74. The zero-order valence-electron chi connectivity index (χ0n) is 5.39. The van der Waals surface area contributed by atoms with Crippen molar-refractivity contribution in [1.82, 2.24) is 0 Å². The Kier molecular flexibility index (Phi) is 1.92. The lowest BCUT2D eigenvalue weighted by Crippen LogP contribution is -2.09. The third-order valence-corrected chi connectivity index (χ3v) is 1.93. The smallest absolute Gasteiger partial charge is 0.105 e. The second kappa shape index (κ2) is 2.53. The van der Waals surface area contributed by atoms with Crippen molar-refractivity contribution in [2.45, 2.75) is 6.92 Å². The van der Waals surface area contributed by atoms with E-state index in [1.807, 2.05) is 18.2 Å². The minimum Gasteiger partial charge on any atom is -0.105 e. The lowest BCUT2D eigenvalue weighted by atomic mass is 9.95. The largest absolute Gasteiger partial charge is 0.113 e. The maximum Gasteiger partial charge on any atom is 0.113 e. The van der Waals surface area contributed by atoms with Crippen LogP contribution in [0.25, 0.3) is 0 Å². The van der Waals surface area contributed by atoms with Crippen LogP contribution >= 0.6 is 9.24 Å². The monoisotopic (exact) mass is 134 g/mol. The van der Waals surface area contributed by atoms with Gasteiger partial charge in [0.15, 0.2) is 0 Å². The number of rotatable bonds is 0. The van der Waals surface area contributed by atoms with Crippen molar-refractivity contribution in [1.29, 1.82) is 0 Å². The van der Waals surface area contributed by atoms with Gasteiger partial charge in [0.2, 0.25) is 0 Å². The summed E-state index contributed by atoms with van der Waals surface area (Å²) < 4.78 is 0. The van der Waals surface area contributed by atoms with Gasteiger partial charge in [-0.25, -0.2) is 0 Å². The van der Waals surface area contributed by atoms with Gasteiger partial charge in [-0.05, 0) is 17.8 Å². The maximum atomic E-state index is 5.51. The molecule has 44 valence electrons. The van der Waals surface area contributed by atoms with E-state index in [4.69, 9.17) is 7.85 Å². The fraction of sp³-hybridized carbons (Fsp3) is 0.143. The van der Waals surface area contributed by atoms with Crippen LogP contribution in [0.5, 0.6) is 0 Å². The van der Waals surface area contributed by atoms with Crippen LogP contribution in [0.2, 0.25) is 0 Å². The van der Waals surface area contributed by atoms with Gasteiger partial charge in [-0.15, -0.1) is 9.24 Å². The van der Waals surface area contributed by atoms with Gasteiger partial charge in [-0.1, -0.05) is 23.7 Å². The van der Waals surface area contributed by atoms with E-state index in [0.717, 1.165) is 5.46 Å². The van der Waals surface area contributed by atoms with Crippen LogP contribution < -0.4 is 10.8 Å². The zero-order chi connectivity index (χ0) is 6.85. The molecule has 0 aliphatic heterocycles. The maximum absolute atomic E-state index is 5.51. The summed E-state index contributed by atoms with van der Waals surface area (Å²) in [5, 5.41) is 1.18. The molecule has 0 aliphatic carbocycles. The molecule has 2 radical (unpaired) electrons. The number of aryl methyl sites for hydroxylation is 1.